The summed E-state index contributed by atoms with van der Waals surface area (Å²) >= 11 is 11.2. The van der Waals surface area contributed by atoms with E-state index in [4.69, 9.17) is 23.2 Å². The molecule has 1 heterocycles. The van der Waals surface area contributed by atoms with Crippen molar-refractivity contribution in [2.45, 2.75) is 11.8 Å². The smallest absolute Gasteiger partial charge is 0.149 e. The highest BCUT2D eigenvalue weighted by molar-refractivity contribution is 6.43. The third-order valence-electron chi connectivity index (χ3n) is 1.13. The average molecular weight is 176 g/mol. The van der Waals surface area contributed by atoms with Crippen molar-refractivity contribution < 1.29 is 0 Å². The molecular formula is C7H7Cl2N. The van der Waals surface area contributed by atoms with Crippen LogP contribution in [0.25, 0.3) is 0 Å². The summed E-state index contributed by atoms with van der Waals surface area (Å²) in [5, 5.41) is 0. The molecule has 1 nitrogen and oxygen atoms in total. The maximum atomic E-state index is 5.58. The molecule has 0 radical (unpaired) electrons. The lowest BCUT2D eigenvalue weighted by molar-refractivity contribution is 1.09. The molecule has 0 aliphatic heterocycles. The van der Waals surface area contributed by atoms with E-state index in [1.807, 2.05) is 19.1 Å². The second-order valence-corrected chi connectivity index (χ2v) is 3.10. The van der Waals surface area contributed by atoms with Crippen LogP contribution in [0.3, 0.4) is 0 Å². The summed E-state index contributed by atoms with van der Waals surface area (Å²) in [4.78, 5) is 3.59. The molecule has 10 heavy (non-hydrogen) atoms. The van der Waals surface area contributed by atoms with Crippen LogP contribution in [-0.2, 0) is 0 Å². The van der Waals surface area contributed by atoms with Crippen LogP contribution in [0.2, 0.25) is 0 Å². The van der Waals surface area contributed by atoms with Gasteiger partial charge in [0.25, 0.3) is 0 Å². The number of pyridine rings is 1. The van der Waals surface area contributed by atoms with E-state index in [9.17, 15) is 0 Å². The van der Waals surface area contributed by atoms with Crippen molar-refractivity contribution in [2.24, 2.45) is 0 Å². The lowest BCUT2D eigenvalue weighted by Gasteiger charge is -1.99. The Morgan fingerprint density at radius 1 is 1.40 bits per heavy atom. The van der Waals surface area contributed by atoms with E-state index in [2.05, 4.69) is 4.98 Å². The SMILES string of the molecule is Cc1cccc(C(Cl)Cl)n1. The summed E-state index contributed by atoms with van der Waals surface area (Å²) in [6.07, 6.45) is 0. The van der Waals surface area contributed by atoms with Crippen molar-refractivity contribution in [3.63, 3.8) is 0 Å². The fourth-order valence-electron chi connectivity index (χ4n) is 0.686. The zero-order valence-corrected chi connectivity index (χ0v) is 7.02. The van der Waals surface area contributed by atoms with Crippen molar-refractivity contribution in [3.8, 4) is 0 Å². The molecule has 0 spiro atoms. The van der Waals surface area contributed by atoms with Gasteiger partial charge in [-0.2, -0.15) is 0 Å². The van der Waals surface area contributed by atoms with E-state index >= 15 is 0 Å². The van der Waals surface area contributed by atoms with Crippen LogP contribution in [0.4, 0.5) is 0 Å². The van der Waals surface area contributed by atoms with Gasteiger partial charge in [0.05, 0.1) is 5.69 Å². The summed E-state index contributed by atoms with van der Waals surface area (Å²) in [6.45, 7) is 1.90. The van der Waals surface area contributed by atoms with E-state index in [0.29, 0.717) is 5.69 Å². The molecule has 0 saturated carbocycles. The standard InChI is InChI=1S/C7H7Cl2N/c1-5-3-2-4-6(10-5)7(8)9/h2-4,7H,1H3. The highest BCUT2D eigenvalue weighted by Gasteiger charge is 2.02. The zero-order valence-electron chi connectivity index (χ0n) is 5.51. The fourth-order valence-corrected chi connectivity index (χ4v) is 0.929. The molecule has 1 rings (SSSR count). The van der Waals surface area contributed by atoms with Crippen LogP contribution in [-0.4, -0.2) is 4.98 Å². The first-order valence-corrected chi connectivity index (χ1v) is 3.79. The summed E-state index contributed by atoms with van der Waals surface area (Å²) in [6, 6.07) is 5.59. The van der Waals surface area contributed by atoms with Gasteiger partial charge < -0.3 is 0 Å². The van der Waals surface area contributed by atoms with E-state index in [1.54, 1.807) is 6.07 Å². The largest absolute Gasteiger partial charge is 0.255 e. The Morgan fingerprint density at radius 2 is 2.10 bits per heavy atom. The first kappa shape index (κ1) is 7.83. The third-order valence-corrected chi connectivity index (χ3v) is 1.58. The molecule has 0 saturated heterocycles. The minimum Gasteiger partial charge on any atom is -0.255 e. The van der Waals surface area contributed by atoms with Crippen LogP contribution >= 0.6 is 23.2 Å². The highest BCUT2D eigenvalue weighted by Crippen LogP contribution is 2.21. The first-order chi connectivity index (χ1) is 4.70. The van der Waals surface area contributed by atoms with Crippen LogP contribution in [0, 0.1) is 6.92 Å². The Hall–Kier alpha value is -0.270. The fraction of sp³-hybridized carbons (Fsp3) is 0.286. The number of aryl methyl sites for hydroxylation is 1. The second kappa shape index (κ2) is 3.22. The van der Waals surface area contributed by atoms with Crippen LogP contribution in [0.5, 0.6) is 0 Å². The Balaban J connectivity index is 2.96. The van der Waals surface area contributed by atoms with Gasteiger partial charge in [-0.15, -0.1) is 0 Å². The van der Waals surface area contributed by atoms with Gasteiger partial charge in [0.15, 0.2) is 0 Å². The van der Waals surface area contributed by atoms with Crippen molar-refractivity contribution in [3.05, 3.63) is 29.6 Å². The number of halogens is 2. The normalized spacial score (nSPS) is 10.4. The predicted molar refractivity (Wildman–Crippen MR) is 43.4 cm³/mol. The van der Waals surface area contributed by atoms with Crippen LogP contribution in [0.1, 0.15) is 16.2 Å². The lowest BCUT2D eigenvalue weighted by atomic mass is 10.3. The van der Waals surface area contributed by atoms with Gasteiger partial charge in [-0.25, -0.2) is 0 Å². The van der Waals surface area contributed by atoms with Crippen molar-refractivity contribution in [2.75, 3.05) is 0 Å². The summed E-state index contributed by atoms with van der Waals surface area (Å²) in [7, 11) is 0. The van der Waals surface area contributed by atoms with Crippen LogP contribution < -0.4 is 0 Å². The molecular weight excluding hydrogens is 169 g/mol. The highest BCUT2D eigenvalue weighted by atomic mass is 35.5. The Morgan fingerprint density at radius 3 is 2.50 bits per heavy atom. The topological polar surface area (TPSA) is 12.9 Å². The Labute approximate surface area is 70.0 Å². The van der Waals surface area contributed by atoms with Gasteiger partial charge in [0.1, 0.15) is 4.84 Å². The van der Waals surface area contributed by atoms with Crippen molar-refractivity contribution >= 4 is 23.2 Å². The minimum atomic E-state index is -0.514. The number of hydrogen-bond acceptors (Lipinski definition) is 1. The molecule has 0 N–H and O–H groups in total. The summed E-state index contributed by atoms with van der Waals surface area (Å²) in [5.41, 5.74) is 1.65. The molecule has 0 amide bonds. The zero-order chi connectivity index (χ0) is 7.56. The average Bonchev–Trinajstić information content (AvgIpc) is 1.88. The molecule has 0 aliphatic carbocycles. The monoisotopic (exact) mass is 175 g/mol. The van der Waals surface area contributed by atoms with Gasteiger partial charge in [-0.3, -0.25) is 4.98 Å². The van der Waals surface area contributed by atoms with Crippen LogP contribution in [0.15, 0.2) is 18.2 Å². The predicted octanol–water partition coefficient (Wildman–Crippen LogP) is 2.87. The second-order valence-electron chi connectivity index (χ2n) is 2.00. The molecule has 0 fully saturated rings. The number of rotatable bonds is 1. The molecule has 1 aromatic heterocycles. The Bertz CT molecular complexity index is 223. The molecule has 3 heteroatoms. The summed E-state index contributed by atoms with van der Waals surface area (Å²) < 4.78 is 0. The maximum Gasteiger partial charge on any atom is 0.149 e. The minimum absolute atomic E-state index is 0.514. The van der Waals surface area contributed by atoms with E-state index in [-0.39, 0.29) is 0 Å². The molecule has 0 aromatic carbocycles. The number of nitrogens with zero attached hydrogens (tertiary/aromatic N) is 1. The van der Waals surface area contributed by atoms with Crippen molar-refractivity contribution in [1.29, 1.82) is 0 Å². The van der Waals surface area contributed by atoms with Gasteiger partial charge in [0.2, 0.25) is 0 Å². The third kappa shape index (κ3) is 1.86. The van der Waals surface area contributed by atoms with Crippen molar-refractivity contribution in [1.82, 2.24) is 4.98 Å². The van der Waals surface area contributed by atoms with E-state index in [1.165, 1.54) is 0 Å². The molecule has 0 aliphatic rings. The lowest BCUT2D eigenvalue weighted by Crippen LogP contribution is -1.88. The molecule has 0 atom stereocenters. The first-order valence-electron chi connectivity index (χ1n) is 2.92. The van der Waals surface area contributed by atoms with Gasteiger partial charge in [0, 0.05) is 5.69 Å². The van der Waals surface area contributed by atoms with Gasteiger partial charge in [-0.1, -0.05) is 29.3 Å². The van der Waals surface area contributed by atoms with E-state index in [0.717, 1.165) is 5.69 Å². The number of aromatic nitrogens is 1. The van der Waals surface area contributed by atoms with Gasteiger partial charge >= 0.3 is 0 Å². The van der Waals surface area contributed by atoms with E-state index < -0.39 is 4.84 Å². The number of hydrogen-bond donors (Lipinski definition) is 0. The van der Waals surface area contributed by atoms with Gasteiger partial charge in [-0.05, 0) is 19.1 Å². The molecule has 0 unspecified atom stereocenters. The quantitative estimate of drug-likeness (QED) is 0.599. The number of alkyl halides is 2. The maximum absolute atomic E-state index is 5.58. The Kier molecular flexibility index (Phi) is 2.52. The molecule has 0 bridgehead atoms. The molecule has 54 valence electrons. The summed E-state index contributed by atoms with van der Waals surface area (Å²) in [5.74, 6) is 0. The molecule has 1 aromatic rings.